The molecule has 1 fully saturated rings. The van der Waals surface area contributed by atoms with E-state index >= 15 is 0 Å². The van der Waals surface area contributed by atoms with Crippen LogP contribution < -0.4 is 5.32 Å². The molecule has 0 saturated heterocycles. The van der Waals surface area contributed by atoms with Crippen LogP contribution in [0.3, 0.4) is 0 Å². The summed E-state index contributed by atoms with van der Waals surface area (Å²) in [6.07, 6.45) is 5.57. The third-order valence-corrected chi connectivity index (χ3v) is 5.94. The molecule has 7 nitrogen and oxygen atoms in total. The first kappa shape index (κ1) is 20.6. The zero-order valence-corrected chi connectivity index (χ0v) is 17.7. The fraction of sp³-hybridized carbons (Fsp3) is 0.333. The van der Waals surface area contributed by atoms with Crippen molar-refractivity contribution in [1.29, 1.82) is 0 Å². The third-order valence-electron chi connectivity index (χ3n) is 5.18. The molecule has 1 N–H and O–H groups in total. The van der Waals surface area contributed by atoms with Crippen LogP contribution in [0.4, 0.5) is 0 Å². The SMILES string of the molecule is O=C(NC1CCCC1)[C@H](c1ccco1)N(Cc1ccc(Cl)cc1)C(=O)c1csnn1. The van der Waals surface area contributed by atoms with Gasteiger partial charge in [0.25, 0.3) is 11.8 Å². The van der Waals surface area contributed by atoms with E-state index in [0.29, 0.717) is 10.8 Å². The maximum absolute atomic E-state index is 13.3. The van der Waals surface area contributed by atoms with Crippen LogP contribution in [-0.2, 0) is 11.3 Å². The summed E-state index contributed by atoms with van der Waals surface area (Å²) in [5.41, 5.74) is 1.03. The molecule has 9 heteroatoms. The second-order valence-corrected chi connectivity index (χ2v) is 8.30. The number of benzene rings is 1. The lowest BCUT2D eigenvalue weighted by molar-refractivity contribution is -0.127. The molecule has 156 valence electrons. The van der Waals surface area contributed by atoms with Gasteiger partial charge in [0.1, 0.15) is 5.76 Å². The van der Waals surface area contributed by atoms with E-state index in [1.54, 1.807) is 29.6 Å². The Hall–Kier alpha value is -2.71. The summed E-state index contributed by atoms with van der Waals surface area (Å²) in [4.78, 5) is 28.2. The fourth-order valence-corrected chi connectivity index (χ4v) is 4.25. The minimum Gasteiger partial charge on any atom is -0.467 e. The molecule has 2 aromatic heterocycles. The minimum atomic E-state index is -0.925. The van der Waals surface area contributed by atoms with E-state index in [9.17, 15) is 9.59 Å². The molecule has 3 aromatic rings. The third kappa shape index (κ3) is 4.71. The van der Waals surface area contributed by atoms with E-state index < -0.39 is 6.04 Å². The van der Waals surface area contributed by atoms with Gasteiger partial charge < -0.3 is 14.6 Å². The lowest BCUT2D eigenvalue weighted by Crippen LogP contribution is -2.45. The van der Waals surface area contributed by atoms with E-state index in [-0.39, 0.29) is 30.1 Å². The van der Waals surface area contributed by atoms with Crippen LogP contribution in [-0.4, -0.2) is 32.3 Å². The van der Waals surface area contributed by atoms with Gasteiger partial charge in [-0.25, -0.2) is 0 Å². The van der Waals surface area contributed by atoms with Crippen LogP contribution >= 0.6 is 23.1 Å². The number of carbonyl (C=O) groups is 2. The van der Waals surface area contributed by atoms with Crippen molar-refractivity contribution in [2.24, 2.45) is 0 Å². The normalized spacial score (nSPS) is 15.1. The lowest BCUT2D eigenvalue weighted by Gasteiger charge is -2.30. The zero-order chi connectivity index (χ0) is 20.9. The summed E-state index contributed by atoms with van der Waals surface area (Å²) in [6.45, 7) is 0.191. The van der Waals surface area contributed by atoms with Crippen molar-refractivity contribution in [3.63, 3.8) is 0 Å². The summed E-state index contributed by atoms with van der Waals surface area (Å²) in [5.74, 6) is -0.250. The Morgan fingerprint density at radius 1 is 1.23 bits per heavy atom. The number of nitrogens with zero attached hydrogens (tertiary/aromatic N) is 3. The number of nitrogens with one attached hydrogen (secondary N) is 1. The second kappa shape index (κ2) is 9.40. The average Bonchev–Trinajstić information content (AvgIpc) is 3.52. The van der Waals surface area contributed by atoms with Crippen LogP contribution in [0.1, 0.15) is 53.5 Å². The zero-order valence-electron chi connectivity index (χ0n) is 16.2. The number of hydrogen-bond acceptors (Lipinski definition) is 6. The summed E-state index contributed by atoms with van der Waals surface area (Å²) in [5, 5.41) is 9.18. The number of rotatable bonds is 7. The maximum Gasteiger partial charge on any atom is 0.276 e. The van der Waals surface area contributed by atoms with Gasteiger partial charge in [-0.2, -0.15) is 0 Å². The molecule has 1 atom stereocenters. The van der Waals surface area contributed by atoms with Crippen molar-refractivity contribution in [2.45, 2.75) is 44.3 Å². The summed E-state index contributed by atoms with van der Waals surface area (Å²) in [6, 6.07) is 9.77. The number of hydrogen-bond donors (Lipinski definition) is 1. The first-order valence-corrected chi connectivity index (χ1v) is 11.0. The predicted molar refractivity (Wildman–Crippen MR) is 113 cm³/mol. The van der Waals surface area contributed by atoms with Crippen molar-refractivity contribution in [3.8, 4) is 0 Å². The van der Waals surface area contributed by atoms with Gasteiger partial charge in [-0.1, -0.05) is 41.1 Å². The van der Waals surface area contributed by atoms with Crippen LogP contribution in [0.25, 0.3) is 0 Å². The molecule has 0 unspecified atom stereocenters. The monoisotopic (exact) mass is 444 g/mol. The quantitative estimate of drug-likeness (QED) is 0.589. The van der Waals surface area contributed by atoms with Gasteiger partial charge in [-0.3, -0.25) is 9.59 Å². The number of aromatic nitrogens is 2. The maximum atomic E-state index is 13.3. The van der Waals surface area contributed by atoms with E-state index in [4.69, 9.17) is 16.0 Å². The van der Waals surface area contributed by atoms with Crippen molar-refractivity contribution in [2.75, 3.05) is 0 Å². The summed E-state index contributed by atoms with van der Waals surface area (Å²) >= 11 is 7.09. The van der Waals surface area contributed by atoms with Crippen LogP contribution in [0, 0.1) is 0 Å². The Labute approximate surface area is 183 Å². The Balaban J connectivity index is 1.68. The van der Waals surface area contributed by atoms with E-state index in [0.717, 1.165) is 42.8 Å². The predicted octanol–water partition coefficient (Wildman–Crippen LogP) is 4.23. The molecule has 0 aliphatic heterocycles. The number of amides is 2. The van der Waals surface area contributed by atoms with Gasteiger partial charge in [0.05, 0.1) is 6.26 Å². The first-order chi connectivity index (χ1) is 14.6. The molecular weight excluding hydrogens is 424 g/mol. The topological polar surface area (TPSA) is 88.3 Å². The van der Waals surface area contributed by atoms with Crippen molar-refractivity contribution >= 4 is 34.9 Å². The smallest absolute Gasteiger partial charge is 0.276 e. The highest BCUT2D eigenvalue weighted by Gasteiger charge is 2.36. The van der Waals surface area contributed by atoms with Gasteiger partial charge in [-0.05, 0) is 54.2 Å². The van der Waals surface area contributed by atoms with Gasteiger partial charge in [0, 0.05) is 23.0 Å². The van der Waals surface area contributed by atoms with Gasteiger partial charge in [0.2, 0.25) is 0 Å². The molecule has 1 aliphatic rings. The van der Waals surface area contributed by atoms with Crippen molar-refractivity contribution < 1.29 is 14.0 Å². The molecule has 2 heterocycles. The number of furan rings is 1. The minimum absolute atomic E-state index is 0.114. The molecule has 1 aromatic carbocycles. The molecule has 0 bridgehead atoms. The van der Waals surface area contributed by atoms with E-state index in [2.05, 4.69) is 14.9 Å². The fourth-order valence-electron chi connectivity index (χ4n) is 3.69. The van der Waals surface area contributed by atoms with Crippen LogP contribution in [0.15, 0.2) is 52.5 Å². The Kier molecular flexibility index (Phi) is 6.44. The highest BCUT2D eigenvalue weighted by atomic mass is 35.5. The van der Waals surface area contributed by atoms with Crippen LogP contribution in [0.5, 0.6) is 0 Å². The molecule has 4 rings (SSSR count). The van der Waals surface area contributed by atoms with Gasteiger partial charge >= 0.3 is 0 Å². The lowest BCUT2D eigenvalue weighted by atomic mass is 10.1. The number of carbonyl (C=O) groups excluding carboxylic acids is 2. The average molecular weight is 445 g/mol. The Morgan fingerprint density at radius 3 is 2.63 bits per heavy atom. The Morgan fingerprint density at radius 2 is 2.00 bits per heavy atom. The molecular formula is C21H21ClN4O3S. The van der Waals surface area contributed by atoms with Crippen molar-refractivity contribution in [3.05, 3.63) is 70.1 Å². The first-order valence-electron chi connectivity index (χ1n) is 9.78. The molecule has 0 radical (unpaired) electrons. The second-order valence-electron chi connectivity index (χ2n) is 7.26. The van der Waals surface area contributed by atoms with Gasteiger partial charge in [0.15, 0.2) is 11.7 Å². The largest absolute Gasteiger partial charge is 0.467 e. The molecule has 0 spiro atoms. The Bertz CT molecular complexity index is 970. The standard InChI is InChI=1S/C21H21ClN4O3S/c22-15-9-7-14(8-10-15)12-26(21(28)17-13-30-25-24-17)19(18-6-3-11-29-18)20(27)23-16-4-1-2-5-16/h3,6-11,13,16,19H,1-2,4-5,12H2,(H,23,27)/t19-/m0/s1. The number of halogens is 1. The van der Waals surface area contributed by atoms with E-state index in [1.807, 2.05) is 12.1 Å². The molecule has 2 amide bonds. The van der Waals surface area contributed by atoms with Gasteiger partial charge in [-0.15, -0.1) is 5.10 Å². The molecule has 1 aliphatic carbocycles. The summed E-state index contributed by atoms with van der Waals surface area (Å²) in [7, 11) is 0. The van der Waals surface area contributed by atoms with Crippen LogP contribution in [0.2, 0.25) is 5.02 Å². The van der Waals surface area contributed by atoms with E-state index in [1.165, 1.54) is 11.2 Å². The highest BCUT2D eigenvalue weighted by molar-refractivity contribution is 7.03. The molecule has 1 saturated carbocycles. The highest BCUT2D eigenvalue weighted by Crippen LogP contribution is 2.28. The van der Waals surface area contributed by atoms with Crippen molar-refractivity contribution in [1.82, 2.24) is 19.8 Å². The molecule has 30 heavy (non-hydrogen) atoms. The summed E-state index contributed by atoms with van der Waals surface area (Å²) < 4.78 is 9.37.